The molecule has 2 N–H and O–H groups in total. The monoisotopic (exact) mass is 447 g/mol. The summed E-state index contributed by atoms with van der Waals surface area (Å²) in [6.07, 6.45) is 0.834. The van der Waals surface area contributed by atoms with E-state index < -0.39 is 35.6 Å². The molecule has 0 radical (unpaired) electrons. The molecule has 168 valence electrons. The highest BCUT2D eigenvalue weighted by Gasteiger charge is 2.44. The first kappa shape index (κ1) is 20.9. The van der Waals surface area contributed by atoms with Gasteiger partial charge in [0, 0.05) is 29.7 Å². The minimum Gasteiger partial charge on any atom is -0.487 e. The summed E-state index contributed by atoms with van der Waals surface area (Å²) < 4.78 is 5.85. The third kappa shape index (κ3) is 3.55. The number of fused-ring (bicyclic) bond motifs is 2. The summed E-state index contributed by atoms with van der Waals surface area (Å²) in [6, 6.07) is 8.59. The minimum atomic E-state index is -1.05. The fourth-order valence-electron chi connectivity index (χ4n) is 4.50. The van der Waals surface area contributed by atoms with Crippen LogP contribution in [0.1, 0.15) is 63.3 Å². The largest absolute Gasteiger partial charge is 0.487 e. The standard InChI is InChI=1S/C24H21N3O6/c1-24(2)11-13-9-14(4-7-18(13)33-24)25-20(29)12-3-5-15-16(10-12)23(32)27(22(15)31)17-6-8-19(28)26-21(17)30/h3-5,7,9-10,17H,6,8,11H2,1-2H3,(H,25,29)(H,26,28,30). The minimum absolute atomic E-state index is 0.0421. The molecule has 3 heterocycles. The number of carbonyl (C=O) groups is 5. The highest BCUT2D eigenvalue weighted by molar-refractivity contribution is 6.24. The topological polar surface area (TPSA) is 122 Å². The van der Waals surface area contributed by atoms with E-state index in [9.17, 15) is 24.0 Å². The Morgan fingerprint density at radius 1 is 1.06 bits per heavy atom. The van der Waals surface area contributed by atoms with Gasteiger partial charge in [-0.3, -0.25) is 34.2 Å². The van der Waals surface area contributed by atoms with Gasteiger partial charge in [-0.25, -0.2) is 0 Å². The number of imide groups is 2. The lowest BCUT2D eigenvalue weighted by molar-refractivity contribution is -0.136. The summed E-state index contributed by atoms with van der Waals surface area (Å²) in [5, 5.41) is 4.97. The van der Waals surface area contributed by atoms with Gasteiger partial charge in [0.15, 0.2) is 0 Å². The van der Waals surface area contributed by atoms with E-state index >= 15 is 0 Å². The van der Waals surface area contributed by atoms with E-state index in [2.05, 4.69) is 10.6 Å². The molecule has 1 saturated heterocycles. The Balaban J connectivity index is 1.36. The maximum absolute atomic E-state index is 13.0. The molecule has 3 aliphatic heterocycles. The quantitative estimate of drug-likeness (QED) is 0.695. The molecular weight excluding hydrogens is 426 g/mol. The number of anilines is 1. The molecule has 0 bridgehead atoms. The van der Waals surface area contributed by atoms with Gasteiger partial charge >= 0.3 is 0 Å². The van der Waals surface area contributed by atoms with Gasteiger partial charge in [-0.1, -0.05) is 0 Å². The van der Waals surface area contributed by atoms with Crippen LogP contribution in [0.25, 0.3) is 0 Å². The molecule has 1 fully saturated rings. The van der Waals surface area contributed by atoms with Gasteiger partial charge in [0.1, 0.15) is 17.4 Å². The average molecular weight is 447 g/mol. The summed E-state index contributed by atoms with van der Waals surface area (Å²) in [6.45, 7) is 3.98. The van der Waals surface area contributed by atoms with Crippen LogP contribution in [0.15, 0.2) is 36.4 Å². The zero-order valence-corrected chi connectivity index (χ0v) is 18.1. The Bertz CT molecular complexity index is 1260. The smallest absolute Gasteiger partial charge is 0.262 e. The predicted octanol–water partition coefficient (Wildman–Crippen LogP) is 2.05. The number of carbonyl (C=O) groups excluding carboxylic acids is 5. The van der Waals surface area contributed by atoms with Crippen LogP contribution in [0, 0.1) is 0 Å². The summed E-state index contributed by atoms with van der Waals surface area (Å²) in [5.41, 5.74) is 1.67. The normalized spacial score (nSPS) is 20.8. The van der Waals surface area contributed by atoms with Gasteiger partial charge in [-0.2, -0.15) is 0 Å². The van der Waals surface area contributed by atoms with E-state index in [1.807, 2.05) is 26.0 Å². The average Bonchev–Trinajstić information content (AvgIpc) is 3.19. The predicted molar refractivity (Wildman–Crippen MR) is 116 cm³/mol. The molecule has 9 heteroatoms. The Kier molecular flexibility index (Phi) is 4.59. The van der Waals surface area contributed by atoms with Crippen LogP contribution in [0.3, 0.4) is 0 Å². The van der Waals surface area contributed by atoms with Crippen LogP contribution in [0.4, 0.5) is 5.69 Å². The van der Waals surface area contributed by atoms with Crippen molar-refractivity contribution in [3.05, 3.63) is 58.7 Å². The van der Waals surface area contributed by atoms with Crippen molar-refractivity contribution in [3.8, 4) is 5.75 Å². The number of nitrogens with one attached hydrogen (secondary N) is 2. The lowest BCUT2D eigenvalue weighted by Gasteiger charge is -2.27. The van der Waals surface area contributed by atoms with Crippen molar-refractivity contribution in [2.24, 2.45) is 0 Å². The number of ether oxygens (including phenoxy) is 1. The molecular formula is C24H21N3O6. The maximum atomic E-state index is 13.0. The van der Waals surface area contributed by atoms with E-state index in [0.29, 0.717) is 5.69 Å². The molecule has 3 aliphatic rings. The fourth-order valence-corrected chi connectivity index (χ4v) is 4.50. The Morgan fingerprint density at radius 2 is 1.82 bits per heavy atom. The summed E-state index contributed by atoms with van der Waals surface area (Å²) in [7, 11) is 0. The molecule has 0 aromatic heterocycles. The highest BCUT2D eigenvalue weighted by Crippen LogP contribution is 2.36. The van der Waals surface area contributed by atoms with Crippen molar-refractivity contribution in [2.45, 2.75) is 44.8 Å². The fraction of sp³-hybridized carbons (Fsp3) is 0.292. The first-order valence-corrected chi connectivity index (χ1v) is 10.6. The van der Waals surface area contributed by atoms with E-state index in [0.717, 1.165) is 22.6 Å². The molecule has 1 atom stereocenters. The zero-order chi connectivity index (χ0) is 23.5. The Morgan fingerprint density at radius 3 is 2.58 bits per heavy atom. The number of hydrogen-bond donors (Lipinski definition) is 2. The molecule has 5 amide bonds. The maximum Gasteiger partial charge on any atom is 0.262 e. The van der Waals surface area contributed by atoms with Crippen LogP contribution in [0.2, 0.25) is 0 Å². The Hall–Kier alpha value is -4.01. The number of benzene rings is 2. The number of piperidine rings is 1. The van der Waals surface area contributed by atoms with Crippen LogP contribution in [-0.2, 0) is 16.0 Å². The third-order valence-electron chi connectivity index (χ3n) is 6.02. The van der Waals surface area contributed by atoms with Gasteiger partial charge in [-0.15, -0.1) is 0 Å². The van der Waals surface area contributed by atoms with Gasteiger partial charge in [0.25, 0.3) is 17.7 Å². The number of amides is 5. The van der Waals surface area contributed by atoms with Crippen molar-refractivity contribution in [1.82, 2.24) is 10.2 Å². The highest BCUT2D eigenvalue weighted by atomic mass is 16.5. The first-order valence-electron chi connectivity index (χ1n) is 10.6. The molecule has 1 unspecified atom stereocenters. The molecule has 33 heavy (non-hydrogen) atoms. The van der Waals surface area contributed by atoms with E-state index in [1.54, 1.807) is 6.07 Å². The van der Waals surface area contributed by atoms with Gasteiger partial charge in [0.2, 0.25) is 11.8 Å². The van der Waals surface area contributed by atoms with Crippen LogP contribution in [0.5, 0.6) is 5.75 Å². The van der Waals surface area contributed by atoms with E-state index in [4.69, 9.17) is 4.74 Å². The second-order valence-corrected chi connectivity index (χ2v) is 9.02. The first-order chi connectivity index (χ1) is 15.6. The second kappa shape index (κ2) is 7.26. The van der Waals surface area contributed by atoms with Gasteiger partial charge < -0.3 is 10.1 Å². The lowest BCUT2D eigenvalue weighted by Crippen LogP contribution is -2.54. The Labute approximate surface area is 189 Å². The van der Waals surface area contributed by atoms with Gasteiger partial charge in [-0.05, 0) is 56.7 Å². The second-order valence-electron chi connectivity index (χ2n) is 9.02. The van der Waals surface area contributed by atoms with Crippen molar-refractivity contribution in [3.63, 3.8) is 0 Å². The summed E-state index contributed by atoms with van der Waals surface area (Å²) in [5.74, 6) is -2.03. The van der Waals surface area contributed by atoms with E-state index in [1.165, 1.54) is 18.2 Å². The molecule has 2 aromatic carbocycles. The number of nitrogens with zero attached hydrogens (tertiary/aromatic N) is 1. The number of hydrogen-bond acceptors (Lipinski definition) is 6. The number of rotatable bonds is 3. The SMILES string of the molecule is CC1(C)Cc2cc(NC(=O)c3ccc4c(c3)C(=O)N(C3CCC(=O)NC3=O)C4=O)ccc2O1. The van der Waals surface area contributed by atoms with Crippen LogP contribution >= 0.6 is 0 Å². The van der Waals surface area contributed by atoms with E-state index in [-0.39, 0.29) is 35.1 Å². The zero-order valence-electron chi connectivity index (χ0n) is 18.1. The summed E-state index contributed by atoms with van der Waals surface area (Å²) >= 11 is 0. The van der Waals surface area contributed by atoms with Crippen molar-refractivity contribution < 1.29 is 28.7 Å². The lowest BCUT2D eigenvalue weighted by atomic mass is 10.0. The van der Waals surface area contributed by atoms with Crippen molar-refractivity contribution in [2.75, 3.05) is 5.32 Å². The summed E-state index contributed by atoms with van der Waals surface area (Å²) in [4.78, 5) is 63.1. The van der Waals surface area contributed by atoms with Crippen LogP contribution in [-0.4, -0.2) is 46.1 Å². The molecule has 9 nitrogen and oxygen atoms in total. The molecule has 0 saturated carbocycles. The third-order valence-corrected chi connectivity index (χ3v) is 6.02. The van der Waals surface area contributed by atoms with Crippen molar-refractivity contribution in [1.29, 1.82) is 0 Å². The molecule has 2 aromatic rings. The van der Waals surface area contributed by atoms with Gasteiger partial charge in [0.05, 0.1) is 11.1 Å². The molecule has 5 rings (SSSR count). The van der Waals surface area contributed by atoms with Crippen LogP contribution < -0.4 is 15.4 Å². The van der Waals surface area contributed by atoms with Crippen molar-refractivity contribution >= 4 is 35.2 Å². The molecule has 0 aliphatic carbocycles. The molecule has 0 spiro atoms.